The summed E-state index contributed by atoms with van der Waals surface area (Å²) >= 11 is 0. The Labute approximate surface area is 149 Å². The molecule has 0 saturated carbocycles. The van der Waals surface area contributed by atoms with Crippen LogP contribution in [0.5, 0.6) is 17.2 Å². The van der Waals surface area contributed by atoms with Crippen LogP contribution in [0.3, 0.4) is 0 Å². The van der Waals surface area contributed by atoms with Crippen LogP contribution in [-0.2, 0) is 0 Å². The van der Waals surface area contributed by atoms with Crippen molar-refractivity contribution in [1.29, 1.82) is 0 Å². The number of amides is 2. The van der Waals surface area contributed by atoms with Crippen LogP contribution in [0.4, 0.5) is 10.5 Å². The van der Waals surface area contributed by atoms with Crippen LogP contribution < -0.4 is 19.5 Å². The molecule has 1 fully saturated rings. The highest BCUT2D eigenvalue weighted by molar-refractivity contribution is 5.90. The molecule has 1 N–H and O–H groups in total. The zero-order valence-electron chi connectivity index (χ0n) is 16.0. The number of anilines is 1. The van der Waals surface area contributed by atoms with Crippen LogP contribution in [0.1, 0.15) is 20.8 Å². The van der Waals surface area contributed by atoms with Crippen LogP contribution in [-0.4, -0.2) is 68.9 Å². The predicted octanol–water partition coefficient (Wildman–Crippen LogP) is 2.66. The Bertz CT molecular complexity index is 580. The first-order valence-electron chi connectivity index (χ1n) is 8.41. The maximum Gasteiger partial charge on any atom is 0.321 e. The number of ether oxygens (including phenoxy) is 3. The number of nitrogens with zero attached hydrogens (tertiary/aromatic N) is 2. The summed E-state index contributed by atoms with van der Waals surface area (Å²) in [5, 5.41) is 2.92. The molecule has 25 heavy (non-hydrogen) atoms. The van der Waals surface area contributed by atoms with Crippen molar-refractivity contribution in [2.75, 3.05) is 52.8 Å². The molecule has 0 aromatic heterocycles. The van der Waals surface area contributed by atoms with Crippen LogP contribution >= 0.6 is 0 Å². The van der Waals surface area contributed by atoms with Crippen molar-refractivity contribution in [3.63, 3.8) is 0 Å². The zero-order valence-corrected chi connectivity index (χ0v) is 16.0. The Balaban J connectivity index is 2.06. The molecule has 7 nitrogen and oxygen atoms in total. The van der Waals surface area contributed by atoms with Crippen molar-refractivity contribution < 1.29 is 19.0 Å². The molecule has 7 heteroatoms. The molecular formula is C18H29N3O4. The molecule has 0 bridgehead atoms. The first kappa shape index (κ1) is 19.2. The van der Waals surface area contributed by atoms with Gasteiger partial charge in [-0.05, 0) is 20.8 Å². The van der Waals surface area contributed by atoms with Crippen molar-refractivity contribution in [3.05, 3.63) is 12.1 Å². The van der Waals surface area contributed by atoms with E-state index in [2.05, 4.69) is 31.0 Å². The van der Waals surface area contributed by atoms with Crippen molar-refractivity contribution >= 4 is 11.7 Å². The topological polar surface area (TPSA) is 63.3 Å². The summed E-state index contributed by atoms with van der Waals surface area (Å²) in [5.74, 6) is 1.52. The van der Waals surface area contributed by atoms with E-state index in [9.17, 15) is 4.79 Å². The third kappa shape index (κ3) is 4.48. The van der Waals surface area contributed by atoms with Crippen molar-refractivity contribution in [3.8, 4) is 17.2 Å². The largest absolute Gasteiger partial charge is 0.493 e. The van der Waals surface area contributed by atoms with E-state index in [1.54, 1.807) is 33.5 Å². The van der Waals surface area contributed by atoms with E-state index >= 15 is 0 Å². The van der Waals surface area contributed by atoms with Crippen LogP contribution in [0.25, 0.3) is 0 Å². The van der Waals surface area contributed by atoms with Gasteiger partial charge in [0.1, 0.15) is 0 Å². The number of methoxy groups -OCH3 is 3. The van der Waals surface area contributed by atoms with Crippen molar-refractivity contribution in [2.45, 2.75) is 26.3 Å². The van der Waals surface area contributed by atoms with Crippen molar-refractivity contribution in [1.82, 2.24) is 9.80 Å². The maximum atomic E-state index is 12.6. The van der Waals surface area contributed by atoms with Gasteiger partial charge in [0.2, 0.25) is 5.75 Å². The molecule has 0 radical (unpaired) electrons. The van der Waals surface area contributed by atoms with Crippen LogP contribution in [0.15, 0.2) is 12.1 Å². The van der Waals surface area contributed by atoms with E-state index in [-0.39, 0.29) is 11.6 Å². The van der Waals surface area contributed by atoms with E-state index in [0.29, 0.717) is 36.0 Å². The number of carbonyl (C=O) groups is 1. The first-order chi connectivity index (χ1) is 11.8. The van der Waals surface area contributed by atoms with Gasteiger partial charge in [-0.3, -0.25) is 4.90 Å². The molecule has 1 aromatic rings. The van der Waals surface area contributed by atoms with Gasteiger partial charge < -0.3 is 24.4 Å². The number of nitrogens with one attached hydrogen (secondary N) is 1. The summed E-state index contributed by atoms with van der Waals surface area (Å²) < 4.78 is 15.9. The SMILES string of the molecule is COc1cc(NC(=O)N2CCN(C(C)(C)C)CC2)cc(OC)c1OC. The first-order valence-corrected chi connectivity index (χ1v) is 8.41. The predicted molar refractivity (Wildman–Crippen MR) is 98.0 cm³/mol. The molecule has 1 heterocycles. The molecule has 2 rings (SSSR count). The highest BCUT2D eigenvalue weighted by Gasteiger charge is 2.28. The van der Waals surface area contributed by atoms with E-state index in [1.165, 1.54) is 0 Å². The summed E-state index contributed by atoms with van der Waals surface area (Å²) in [4.78, 5) is 16.8. The molecule has 140 valence electrons. The van der Waals surface area contributed by atoms with E-state index in [1.807, 2.05) is 4.90 Å². The van der Waals surface area contributed by atoms with Gasteiger partial charge in [-0.25, -0.2) is 4.79 Å². The quantitative estimate of drug-likeness (QED) is 0.903. The number of urea groups is 1. The molecule has 0 unspecified atom stereocenters. The molecule has 1 aromatic carbocycles. The molecule has 1 aliphatic rings. The molecule has 1 saturated heterocycles. The standard InChI is InChI=1S/C18H29N3O4/c1-18(2,3)21-9-7-20(8-10-21)17(22)19-13-11-14(23-4)16(25-6)15(12-13)24-5/h11-12H,7-10H2,1-6H3,(H,19,22). The van der Waals surface area contributed by atoms with Gasteiger partial charge in [-0.1, -0.05) is 0 Å². The Hall–Kier alpha value is -2.15. The number of carbonyl (C=O) groups excluding carboxylic acids is 1. The van der Waals surface area contributed by atoms with Gasteiger partial charge >= 0.3 is 6.03 Å². The van der Waals surface area contributed by atoms with Crippen molar-refractivity contribution in [2.24, 2.45) is 0 Å². The van der Waals surface area contributed by atoms with E-state index < -0.39 is 0 Å². The number of rotatable bonds is 4. The van der Waals surface area contributed by atoms with Crippen LogP contribution in [0, 0.1) is 0 Å². The lowest BCUT2D eigenvalue weighted by molar-refractivity contribution is 0.0774. The second kappa shape index (κ2) is 7.82. The monoisotopic (exact) mass is 351 g/mol. The molecular weight excluding hydrogens is 322 g/mol. The minimum Gasteiger partial charge on any atom is -0.493 e. The van der Waals surface area contributed by atoms with Gasteiger partial charge in [-0.2, -0.15) is 0 Å². The normalized spacial score (nSPS) is 15.7. The summed E-state index contributed by atoms with van der Waals surface area (Å²) in [6.07, 6.45) is 0. The Kier molecular flexibility index (Phi) is 6.00. The third-order valence-electron chi connectivity index (χ3n) is 4.43. The Morgan fingerprint density at radius 1 is 0.960 bits per heavy atom. The lowest BCUT2D eigenvalue weighted by Crippen LogP contribution is -2.55. The van der Waals surface area contributed by atoms with Gasteiger partial charge in [-0.15, -0.1) is 0 Å². The Morgan fingerprint density at radius 2 is 1.48 bits per heavy atom. The highest BCUT2D eigenvalue weighted by atomic mass is 16.5. The minimum atomic E-state index is -0.122. The minimum absolute atomic E-state index is 0.122. The fourth-order valence-corrected chi connectivity index (χ4v) is 2.94. The van der Waals surface area contributed by atoms with Crippen LogP contribution in [0.2, 0.25) is 0 Å². The summed E-state index contributed by atoms with van der Waals surface area (Å²) in [5.41, 5.74) is 0.733. The number of hydrogen-bond acceptors (Lipinski definition) is 5. The number of benzene rings is 1. The lowest BCUT2D eigenvalue weighted by atomic mass is 10.1. The molecule has 0 atom stereocenters. The zero-order chi connectivity index (χ0) is 18.6. The molecule has 2 amide bonds. The summed E-state index contributed by atoms with van der Waals surface area (Å²) in [6, 6.07) is 3.33. The molecule has 0 aliphatic carbocycles. The van der Waals surface area contributed by atoms with E-state index in [0.717, 1.165) is 13.1 Å². The van der Waals surface area contributed by atoms with Gasteiger partial charge in [0.25, 0.3) is 0 Å². The third-order valence-corrected chi connectivity index (χ3v) is 4.43. The second-order valence-electron chi connectivity index (χ2n) is 6.99. The smallest absolute Gasteiger partial charge is 0.321 e. The number of hydrogen-bond donors (Lipinski definition) is 1. The second-order valence-corrected chi connectivity index (χ2v) is 6.99. The fourth-order valence-electron chi connectivity index (χ4n) is 2.94. The maximum absolute atomic E-state index is 12.6. The average molecular weight is 351 g/mol. The number of piperazine rings is 1. The molecule has 0 spiro atoms. The fraction of sp³-hybridized carbons (Fsp3) is 0.611. The van der Waals surface area contributed by atoms with Gasteiger partial charge in [0.15, 0.2) is 11.5 Å². The average Bonchev–Trinajstić information content (AvgIpc) is 2.60. The lowest BCUT2D eigenvalue weighted by Gasteiger charge is -2.42. The van der Waals surface area contributed by atoms with Gasteiger partial charge in [0, 0.05) is 43.9 Å². The van der Waals surface area contributed by atoms with E-state index in [4.69, 9.17) is 14.2 Å². The Morgan fingerprint density at radius 3 is 1.88 bits per heavy atom. The summed E-state index contributed by atoms with van der Waals surface area (Å²) in [7, 11) is 4.65. The highest BCUT2D eigenvalue weighted by Crippen LogP contribution is 2.40. The summed E-state index contributed by atoms with van der Waals surface area (Å²) in [6.45, 7) is 9.72. The van der Waals surface area contributed by atoms with Gasteiger partial charge in [0.05, 0.1) is 27.0 Å². The molecule has 1 aliphatic heterocycles.